The molecule has 0 amide bonds. The minimum Gasteiger partial charge on any atom is -0.387 e. The summed E-state index contributed by atoms with van der Waals surface area (Å²) in [5.74, 6) is -0.180. The molecule has 3 aromatic heterocycles. The number of rotatable bonds is 2. The molecule has 0 aromatic carbocycles. The van der Waals surface area contributed by atoms with Crippen molar-refractivity contribution in [2.45, 2.75) is 41.8 Å². The third-order valence-electron chi connectivity index (χ3n) is 7.35. The Balaban J connectivity index is 1.21. The van der Waals surface area contributed by atoms with Gasteiger partial charge in [-0.15, -0.1) is 17.3 Å². The van der Waals surface area contributed by atoms with E-state index in [1.165, 1.54) is 22.0 Å². The van der Waals surface area contributed by atoms with Crippen LogP contribution < -0.4 is 33.0 Å². The molecule has 2 bridgehead atoms. The van der Waals surface area contributed by atoms with Crippen molar-refractivity contribution in [3.8, 4) is 0 Å². The summed E-state index contributed by atoms with van der Waals surface area (Å²) in [6, 6.07) is 0. The van der Waals surface area contributed by atoms with Crippen molar-refractivity contribution in [3.63, 3.8) is 0 Å². The average Bonchev–Trinajstić information content (AvgIpc) is 3.72. The Labute approximate surface area is 261 Å². The molecule has 25 heteroatoms. The van der Waals surface area contributed by atoms with E-state index in [0.717, 1.165) is 11.8 Å². The number of hydrogen-bond donors (Lipinski definition) is 8. The number of aromatic nitrogens is 6. The number of imidazole rings is 1. The standard InChI is InChI=1S/C19H25N11O9P2S3/c20-14-16-22-2-7(29(16)24-6-23-14)8-1-9-10(37-8)3-35-41(34,43)39-19(5-44-11(13(19)31)4-36-40(33,42)38-9)30-15-12(27-28-30)17(32)26-18(21)25-15/h2,6,8-11,13,27-28,31H,1,3-5H2,(H,33,42)(H,34,43)(H2,20,23,24)(H3,21,25,26,32)/t8-,9+,10-,11-,13-,19+,40?,41?/m1/s1. The minimum absolute atomic E-state index is 0.0344. The van der Waals surface area contributed by atoms with Gasteiger partial charge < -0.3 is 21.3 Å². The zero-order valence-electron chi connectivity index (χ0n) is 22.1. The highest BCUT2D eigenvalue weighted by Gasteiger charge is 2.60. The molecule has 0 spiro atoms. The van der Waals surface area contributed by atoms with Gasteiger partial charge in [0, 0.05) is 12.2 Å². The maximum atomic E-state index is 13.8. The predicted molar refractivity (Wildman–Crippen MR) is 162 cm³/mol. The summed E-state index contributed by atoms with van der Waals surface area (Å²) >= 11 is 9.51. The van der Waals surface area contributed by atoms with Gasteiger partial charge in [-0.3, -0.25) is 33.3 Å². The third kappa shape index (κ3) is 5.27. The molecule has 238 valence electrons. The second kappa shape index (κ2) is 11.0. The molecule has 7 rings (SSSR count). The van der Waals surface area contributed by atoms with Crippen LogP contribution in [0.25, 0.3) is 5.65 Å². The lowest BCUT2D eigenvalue weighted by Gasteiger charge is -2.41. The highest BCUT2D eigenvalue weighted by atomic mass is 32.7. The summed E-state index contributed by atoms with van der Waals surface area (Å²) in [7, 11) is 0. The van der Waals surface area contributed by atoms with Gasteiger partial charge in [0.25, 0.3) is 5.56 Å². The van der Waals surface area contributed by atoms with Crippen LogP contribution in [0.4, 0.5) is 23.3 Å². The summed E-state index contributed by atoms with van der Waals surface area (Å²) in [4.78, 5) is 27.2. The summed E-state index contributed by atoms with van der Waals surface area (Å²) in [5.41, 5.74) is 15.3. The van der Waals surface area contributed by atoms with Crippen LogP contribution >= 0.6 is 49.9 Å². The summed E-state index contributed by atoms with van der Waals surface area (Å²) in [5, 5.41) is 16.1. The quantitative estimate of drug-likeness (QED) is 0.131. The molecule has 4 aliphatic heterocycles. The van der Waals surface area contributed by atoms with E-state index in [0.29, 0.717) is 11.3 Å². The smallest absolute Gasteiger partial charge is 0.387 e. The molecule has 0 saturated carbocycles. The zero-order chi connectivity index (χ0) is 31.0. The van der Waals surface area contributed by atoms with E-state index in [2.05, 4.69) is 60.5 Å². The lowest BCUT2D eigenvalue weighted by atomic mass is 10.1. The van der Waals surface area contributed by atoms with E-state index in [9.17, 15) is 19.0 Å². The van der Waals surface area contributed by atoms with Gasteiger partial charge in [0.15, 0.2) is 23.0 Å². The number of hydrogen-bond acceptors (Lipinski definition) is 19. The number of thioether (sulfide) groups is 1. The Bertz CT molecular complexity index is 1790. The number of ether oxygens (including phenoxy) is 1. The van der Waals surface area contributed by atoms with Crippen molar-refractivity contribution < 1.29 is 37.1 Å². The number of anilines is 4. The number of aliphatic hydroxyl groups is 1. The predicted octanol–water partition coefficient (Wildman–Crippen LogP) is 0.251. The van der Waals surface area contributed by atoms with Crippen LogP contribution in [-0.2, 0) is 32.0 Å². The summed E-state index contributed by atoms with van der Waals surface area (Å²) in [6.45, 7) is -9.15. The molecule has 4 aliphatic rings. The Morgan fingerprint density at radius 2 is 1.95 bits per heavy atom. The fourth-order valence-corrected chi connectivity index (χ4v) is 10.1. The fraction of sp³-hybridized carbons (Fsp3) is 0.526. The van der Waals surface area contributed by atoms with Gasteiger partial charge in [0.2, 0.25) is 11.7 Å². The van der Waals surface area contributed by atoms with Crippen LogP contribution in [0.3, 0.4) is 0 Å². The largest absolute Gasteiger partial charge is 0.388 e. The van der Waals surface area contributed by atoms with Crippen LogP contribution in [0, 0.1) is 0 Å². The molecule has 0 radical (unpaired) electrons. The maximum absolute atomic E-state index is 13.8. The summed E-state index contributed by atoms with van der Waals surface area (Å²) in [6.07, 6.45) is -1.21. The topological polar surface area (TPSA) is 269 Å². The number of nitrogens with two attached hydrogens (primary N) is 2. The Hall–Kier alpha value is -2.14. The number of nitrogens with zero attached hydrogens (tertiary/aromatic N) is 6. The van der Waals surface area contributed by atoms with Crippen LogP contribution in [0.1, 0.15) is 18.2 Å². The number of H-pyrrole nitrogens is 1. The van der Waals surface area contributed by atoms with E-state index in [-0.39, 0.29) is 42.1 Å². The van der Waals surface area contributed by atoms with E-state index in [4.69, 9.17) is 34.3 Å². The van der Waals surface area contributed by atoms with Crippen LogP contribution in [0.5, 0.6) is 0 Å². The molecular formula is C19H25N11O9P2S3. The monoisotopic (exact) mass is 709 g/mol. The van der Waals surface area contributed by atoms with E-state index < -0.39 is 61.2 Å². The SMILES string of the molecule is Nc1nc2c(c(=O)[nH]1)NNN2[C@@]12CS[C@H](COP(=O)(S)O[C@H]3C[C@H](c4cnc5c(N)ncnn45)O[C@@H]3COP(=O)(S)O1)[C@H]2O. The van der Waals surface area contributed by atoms with Crippen molar-refractivity contribution in [2.75, 3.05) is 40.9 Å². The number of thiol groups is 2. The second-order valence-corrected chi connectivity index (χ2v) is 17.0. The second-order valence-electron chi connectivity index (χ2n) is 10.1. The first kappa shape index (κ1) is 30.5. The number of aliphatic hydroxyl groups excluding tert-OH is 1. The van der Waals surface area contributed by atoms with E-state index in [1.807, 2.05) is 0 Å². The molecule has 2 unspecified atom stereocenters. The molecule has 20 nitrogen and oxygen atoms in total. The first-order valence-corrected chi connectivity index (χ1v) is 19.2. The first-order valence-electron chi connectivity index (χ1n) is 12.8. The van der Waals surface area contributed by atoms with Crippen molar-refractivity contribution in [1.29, 1.82) is 0 Å². The van der Waals surface area contributed by atoms with Gasteiger partial charge in [0.05, 0.1) is 36.5 Å². The highest BCUT2D eigenvalue weighted by Crippen LogP contribution is 2.62. The van der Waals surface area contributed by atoms with Crippen LogP contribution in [0.15, 0.2) is 17.3 Å². The van der Waals surface area contributed by atoms with Gasteiger partial charge in [-0.05, 0) is 0 Å². The molecular weight excluding hydrogens is 684 g/mol. The molecule has 0 aliphatic carbocycles. The maximum Gasteiger partial charge on any atom is 0.388 e. The van der Waals surface area contributed by atoms with Crippen molar-refractivity contribution in [3.05, 3.63) is 28.6 Å². The van der Waals surface area contributed by atoms with Crippen LogP contribution in [0.2, 0.25) is 0 Å². The highest BCUT2D eigenvalue weighted by molar-refractivity contribution is 8.44. The minimum atomic E-state index is -4.35. The molecule has 44 heavy (non-hydrogen) atoms. The molecule has 3 saturated heterocycles. The van der Waals surface area contributed by atoms with Crippen molar-refractivity contribution in [2.24, 2.45) is 0 Å². The third-order valence-corrected chi connectivity index (χ3v) is 12.0. The molecule has 8 atom stereocenters. The zero-order valence-corrected chi connectivity index (χ0v) is 26.5. The fourth-order valence-electron chi connectivity index (χ4n) is 5.34. The molecule has 8 N–H and O–H groups in total. The van der Waals surface area contributed by atoms with Crippen LogP contribution in [-0.4, -0.2) is 82.9 Å². The average molecular weight is 710 g/mol. The van der Waals surface area contributed by atoms with Crippen molar-refractivity contribution in [1.82, 2.24) is 35.1 Å². The number of hydrazine groups is 2. The van der Waals surface area contributed by atoms with Gasteiger partial charge in [0.1, 0.15) is 24.6 Å². The first-order chi connectivity index (χ1) is 20.9. The van der Waals surface area contributed by atoms with E-state index >= 15 is 0 Å². The lowest BCUT2D eigenvalue weighted by molar-refractivity contribution is -0.0511. The molecule has 3 fully saturated rings. The number of fused-ring (bicyclic) bond motifs is 5. The molecule has 3 aromatic rings. The van der Waals surface area contributed by atoms with Gasteiger partial charge in [-0.2, -0.15) is 10.1 Å². The number of nitrogens with one attached hydrogen (secondary N) is 3. The van der Waals surface area contributed by atoms with Gasteiger partial charge in [-0.25, -0.2) is 28.6 Å². The van der Waals surface area contributed by atoms with Gasteiger partial charge in [-0.1, -0.05) is 24.5 Å². The molecule has 7 heterocycles. The number of aromatic amines is 1. The van der Waals surface area contributed by atoms with E-state index in [1.54, 1.807) is 0 Å². The summed E-state index contributed by atoms with van der Waals surface area (Å²) < 4.78 is 58.0. The Morgan fingerprint density at radius 1 is 1.16 bits per heavy atom. The Kier molecular flexibility index (Phi) is 7.62. The normalized spacial score (nSPS) is 37.5. The van der Waals surface area contributed by atoms with Crippen molar-refractivity contribution >= 4 is 78.8 Å². The number of nitrogen functional groups attached to an aromatic ring is 2. The van der Waals surface area contributed by atoms with Gasteiger partial charge >= 0.3 is 13.6 Å². The lowest BCUT2D eigenvalue weighted by Crippen LogP contribution is -2.63. The Morgan fingerprint density at radius 3 is 2.77 bits per heavy atom.